The molecule has 0 aliphatic carbocycles. The van der Waals surface area contributed by atoms with Crippen LogP contribution in [0.1, 0.15) is 33.9 Å². The second kappa shape index (κ2) is 9.38. The monoisotopic (exact) mass is 529 g/mol. The van der Waals surface area contributed by atoms with Crippen molar-refractivity contribution in [3.63, 3.8) is 0 Å². The quantitative estimate of drug-likeness (QED) is 0.115. The summed E-state index contributed by atoms with van der Waals surface area (Å²) in [5, 5.41) is 22.9. The van der Waals surface area contributed by atoms with E-state index in [1.807, 2.05) is 26.0 Å². The maximum absolute atomic E-state index is 13.5. The van der Waals surface area contributed by atoms with E-state index in [0.29, 0.717) is 27.5 Å². The molecule has 0 saturated carbocycles. The third kappa shape index (κ3) is 4.08. The summed E-state index contributed by atoms with van der Waals surface area (Å²) in [5.74, 6) is -1.46. The molecule has 0 radical (unpaired) electrons. The number of aromatic nitrogens is 1. The Hall–Kier alpha value is -4.57. The number of methoxy groups -OCH3 is 1. The summed E-state index contributed by atoms with van der Waals surface area (Å²) in [7, 11) is 1.53. The van der Waals surface area contributed by atoms with E-state index >= 15 is 0 Å². The number of nitro benzene ring substituents is 1. The van der Waals surface area contributed by atoms with Crippen LogP contribution in [0.5, 0.6) is 5.75 Å². The van der Waals surface area contributed by atoms with Gasteiger partial charge in [-0.25, -0.2) is 4.98 Å². The second-order valence-electron chi connectivity index (χ2n) is 9.13. The molecule has 5 rings (SSSR count). The van der Waals surface area contributed by atoms with Crippen molar-refractivity contribution in [3.05, 3.63) is 98.1 Å². The fourth-order valence-corrected chi connectivity index (χ4v) is 5.94. The number of amides is 1. The molecule has 1 aromatic heterocycles. The summed E-state index contributed by atoms with van der Waals surface area (Å²) in [6.45, 7) is 5.69. The lowest BCUT2D eigenvalue weighted by atomic mass is 9.94. The van der Waals surface area contributed by atoms with Crippen LogP contribution in [0.15, 0.2) is 60.2 Å². The second-order valence-corrected chi connectivity index (χ2v) is 10.1. The van der Waals surface area contributed by atoms with E-state index < -0.39 is 22.7 Å². The predicted molar refractivity (Wildman–Crippen MR) is 145 cm³/mol. The number of benzene rings is 3. The number of aryl methyl sites for hydroxylation is 3. The highest BCUT2D eigenvalue weighted by Gasteiger charge is 2.48. The average molecular weight is 530 g/mol. The maximum Gasteiger partial charge on any atom is 0.301 e. The molecule has 0 unspecified atom stereocenters. The molecule has 3 aromatic carbocycles. The highest BCUT2D eigenvalue weighted by atomic mass is 32.1. The van der Waals surface area contributed by atoms with Crippen molar-refractivity contribution in [2.75, 3.05) is 12.0 Å². The van der Waals surface area contributed by atoms with E-state index in [0.717, 1.165) is 21.4 Å². The molecule has 1 amide bonds. The van der Waals surface area contributed by atoms with Gasteiger partial charge < -0.3 is 9.84 Å². The highest BCUT2D eigenvalue weighted by Crippen LogP contribution is 2.45. The molecule has 1 fully saturated rings. The molecule has 4 aromatic rings. The smallest absolute Gasteiger partial charge is 0.301 e. The van der Waals surface area contributed by atoms with Crippen LogP contribution in [-0.4, -0.2) is 33.8 Å². The third-order valence-corrected chi connectivity index (χ3v) is 7.56. The fourth-order valence-electron chi connectivity index (χ4n) is 4.77. The Morgan fingerprint density at radius 1 is 1.05 bits per heavy atom. The standard InChI is InChI=1S/C28H23N3O6S/c1-14-11-16(3)23-21(12-14)38-28(29-23)30-24(17-5-8-19(9-6-17)31(35)36)22(26(33)27(30)34)25(32)18-7-10-20(37-4)15(2)13-18/h5-13,24,32H,1-4H3/b25-22+/t24-/m1/s1. The topological polar surface area (TPSA) is 123 Å². The molecule has 1 saturated heterocycles. The van der Waals surface area contributed by atoms with Crippen LogP contribution in [0.4, 0.5) is 10.8 Å². The van der Waals surface area contributed by atoms with Crippen LogP contribution in [0, 0.1) is 30.9 Å². The summed E-state index contributed by atoms with van der Waals surface area (Å²) >= 11 is 1.26. The number of aliphatic hydroxyl groups excluding tert-OH is 1. The van der Waals surface area contributed by atoms with Gasteiger partial charge in [-0.1, -0.05) is 17.4 Å². The number of hydrogen-bond acceptors (Lipinski definition) is 8. The molecule has 10 heteroatoms. The zero-order valence-corrected chi connectivity index (χ0v) is 21.8. The normalized spacial score (nSPS) is 16.8. The number of thiazole rings is 1. The van der Waals surface area contributed by atoms with Crippen LogP contribution in [0.2, 0.25) is 0 Å². The molecule has 192 valence electrons. The summed E-state index contributed by atoms with van der Waals surface area (Å²) in [5.41, 5.74) is 3.91. The summed E-state index contributed by atoms with van der Waals surface area (Å²) in [4.78, 5) is 43.6. The number of aliphatic hydroxyl groups is 1. The lowest BCUT2D eigenvalue weighted by molar-refractivity contribution is -0.384. The number of Topliss-reactive ketones (excluding diaryl/α,β-unsaturated/α-hetero) is 1. The first-order valence-corrected chi connectivity index (χ1v) is 12.5. The Morgan fingerprint density at radius 3 is 2.39 bits per heavy atom. The van der Waals surface area contributed by atoms with Crippen molar-refractivity contribution in [2.24, 2.45) is 0 Å². The Morgan fingerprint density at radius 2 is 1.76 bits per heavy atom. The minimum Gasteiger partial charge on any atom is -0.507 e. The third-order valence-electron chi connectivity index (χ3n) is 6.56. The molecule has 0 spiro atoms. The first-order chi connectivity index (χ1) is 18.1. The Labute approximate surface area is 221 Å². The number of hydrogen-bond donors (Lipinski definition) is 1. The van der Waals surface area contributed by atoms with Gasteiger partial charge in [0.1, 0.15) is 11.5 Å². The molecule has 2 heterocycles. The van der Waals surface area contributed by atoms with Crippen molar-refractivity contribution in [3.8, 4) is 5.75 Å². The Balaban J connectivity index is 1.73. The van der Waals surface area contributed by atoms with Gasteiger partial charge in [0.25, 0.3) is 11.5 Å². The molecule has 1 aliphatic heterocycles. The van der Waals surface area contributed by atoms with Crippen molar-refractivity contribution >= 4 is 49.8 Å². The van der Waals surface area contributed by atoms with E-state index in [9.17, 15) is 24.8 Å². The van der Waals surface area contributed by atoms with Crippen LogP contribution < -0.4 is 9.64 Å². The van der Waals surface area contributed by atoms with Crippen LogP contribution in [0.3, 0.4) is 0 Å². The van der Waals surface area contributed by atoms with Gasteiger partial charge >= 0.3 is 5.91 Å². The lowest BCUT2D eigenvalue weighted by Gasteiger charge is -2.23. The number of carbonyl (C=O) groups excluding carboxylic acids is 2. The van der Waals surface area contributed by atoms with E-state index in [1.165, 1.54) is 47.6 Å². The van der Waals surface area contributed by atoms with Crippen LogP contribution in [-0.2, 0) is 9.59 Å². The van der Waals surface area contributed by atoms with Crippen molar-refractivity contribution < 1.29 is 24.4 Å². The molecule has 0 bridgehead atoms. The van der Waals surface area contributed by atoms with Gasteiger partial charge in [-0.15, -0.1) is 0 Å². The minimum absolute atomic E-state index is 0.124. The van der Waals surface area contributed by atoms with Gasteiger partial charge in [-0.2, -0.15) is 0 Å². The van der Waals surface area contributed by atoms with Crippen LogP contribution >= 0.6 is 11.3 Å². The number of nitro groups is 1. The highest BCUT2D eigenvalue weighted by molar-refractivity contribution is 7.22. The van der Waals surface area contributed by atoms with Gasteiger partial charge in [0, 0.05) is 17.7 Å². The molecule has 9 nitrogen and oxygen atoms in total. The molecular weight excluding hydrogens is 506 g/mol. The number of carbonyl (C=O) groups is 2. The fraction of sp³-hybridized carbons (Fsp3) is 0.179. The Kier molecular flexibility index (Phi) is 6.20. The summed E-state index contributed by atoms with van der Waals surface area (Å²) in [6, 6.07) is 13.4. The maximum atomic E-state index is 13.5. The van der Waals surface area contributed by atoms with Gasteiger partial charge in [0.15, 0.2) is 5.13 Å². The molecular formula is C28H23N3O6S. The SMILES string of the molecule is COc1ccc(/C(O)=C2\C(=O)C(=O)N(c3nc4c(C)cc(C)cc4s3)[C@@H]2c2ccc([N+](=O)[O-])cc2)cc1C. The number of non-ortho nitro benzene ring substituents is 1. The van der Waals surface area contributed by atoms with Gasteiger partial charge in [-0.3, -0.25) is 24.6 Å². The van der Waals surface area contributed by atoms with Crippen molar-refractivity contribution in [1.82, 2.24) is 4.98 Å². The summed E-state index contributed by atoms with van der Waals surface area (Å²) < 4.78 is 6.15. The zero-order valence-electron chi connectivity index (χ0n) is 21.0. The number of rotatable bonds is 5. The number of ketones is 1. The van der Waals surface area contributed by atoms with E-state index in [4.69, 9.17) is 4.74 Å². The Bertz CT molecular complexity index is 1670. The lowest BCUT2D eigenvalue weighted by Crippen LogP contribution is -2.29. The number of ether oxygens (including phenoxy) is 1. The largest absolute Gasteiger partial charge is 0.507 e. The zero-order chi connectivity index (χ0) is 27.3. The van der Waals surface area contributed by atoms with Crippen molar-refractivity contribution in [1.29, 1.82) is 0 Å². The minimum atomic E-state index is -1.04. The first kappa shape index (κ1) is 25.1. The first-order valence-electron chi connectivity index (χ1n) is 11.7. The van der Waals surface area contributed by atoms with Gasteiger partial charge in [-0.05, 0) is 79.4 Å². The van der Waals surface area contributed by atoms with Gasteiger partial charge in [0.2, 0.25) is 0 Å². The molecule has 38 heavy (non-hydrogen) atoms. The number of fused-ring (bicyclic) bond motifs is 1. The predicted octanol–water partition coefficient (Wildman–Crippen LogP) is 5.76. The molecule has 1 N–H and O–H groups in total. The molecule has 1 aliphatic rings. The number of nitrogens with zero attached hydrogens (tertiary/aromatic N) is 3. The summed E-state index contributed by atoms with van der Waals surface area (Å²) in [6.07, 6.45) is 0. The van der Waals surface area contributed by atoms with E-state index in [1.54, 1.807) is 25.1 Å². The average Bonchev–Trinajstić information content (AvgIpc) is 3.42. The van der Waals surface area contributed by atoms with E-state index in [2.05, 4.69) is 4.98 Å². The molecule has 1 atom stereocenters. The van der Waals surface area contributed by atoms with Crippen molar-refractivity contribution in [2.45, 2.75) is 26.8 Å². The van der Waals surface area contributed by atoms with Crippen LogP contribution in [0.25, 0.3) is 16.0 Å². The number of anilines is 1. The van der Waals surface area contributed by atoms with E-state index in [-0.39, 0.29) is 17.0 Å². The van der Waals surface area contributed by atoms with Gasteiger partial charge in [0.05, 0.1) is 33.9 Å².